The summed E-state index contributed by atoms with van der Waals surface area (Å²) in [5, 5.41) is 6.32. The monoisotopic (exact) mass is 384 g/mol. The van der Waals surface area contributed by atoms with Gasteiger partial charge in [0.25, 0.3) is 5.91 Å². The topological polar surface area (TPSA) is 67.4 Å². The van der Waals surface area contributed by atoms with E-state index < -0.39 is 0 Å². The van der Waals surface area contributed by atoms with Crippen molar-refractivity contribution in [3.8, 4) is 0 Å². The molecule has 1 amide bonds. The standard InChI is InChI=1S/C20H24N4O2S/c1-13-2-3-14(8-22-13)19(25)23-9-15-16-10-24(11-18-21-6-7-27-18)12-20(16)5-4-17(15)26-20/h2-3,6-8,15-17H,4-5,9-12H2,1H3,(H,23,25)/t15-,16+,17+,20+/m0/s1. The molecule has 0 saturated carbocycles. The Morgan fingerprint density at radius 1 is 1.44 bits per heavy atom. The minimum atomic E-state index is -0.0445. The number of aryl methyl sites for hydroxylation is 1. The van der Waals surface area contributed by atoms with Crippen LogP contribution in [0.1, 0.15) is 33.9 Å². The molecular formula is C20H24N4O2S. The van der Waals surface area contributed by atoms with Gasteiger partial charge in [-0.1, -0.05) is 0 Å². The summed E-state index contributed by atoms with van der Waals surface area (Å²) in [7, 11) is 0. The van der Waals surface area contributed by atoms with Crippen LogP contribution in [0.25, 0.3) is 0 Å². The Hall–Kier alpha value is -1.83. The fraction of sp³-hybridized carbons (Fsp3) is 0.550. The van der Waals surface area contributed by atoms with Crippen molar-refractivity contribution >= 4 is 17.2 Å². The number of rotatable bonds is 5. The molecule has 3 saturated heterocycles. The molecule has 2 aromatic heterocycles. The highest BCUT2D eigenvalue weighted by molar-refractivity contribution is 7.09. The molecule has 2 aromatic rings. The van der Waals surface area contributed by atoms with Gasteiger partial charge in [0.05, 0.1) is 23.8 Å². The van der Waals surface area contributed by atoms with E-state index in [1.807, 2.05) is 30.6 Å². The van der Waals surface area contributed by atoms with Crippen molar-refractivity contribution < 1.29 is 9.53 Å². The Kier molecular flexibility index (Phi) is 4.26. The van der Waals surface area contributed by atoms with Gasteiger partial charge < -0.3 is 10.1 Å². The highest BCUT2D eigenvalue weighted by Gasteiger charge is 2.62. The van der Waals surface area contributed by atoms with Gasteiger partial charge in [-0.2, -0.15) is 0 Å². The van der Waals surface area contributed by atoms with Gasteiger partial charge >= 0.3 is 0 Å². The molecule has 4 atom stereocenters. The summed E-state index contributed by atoms with van der Waals surface area (Å²) in [6, 6.07) is 3.71. The first-order valence-corrected chi connectivity index (χ1v) is 10.5. The quantitative estimate of drug-likeness (QED) is 0.856. The summed E-state index contributed by atoms with van der Waals surface area (Å²) in [4.78, 5) is 23.6. The number of amides is 1. The van der Waals surface area contributed by atoms with E-state index in [2.05, 4.69) is 20.2 Å². The molecule has 3 aliphatic rings. The molecule has 0 aliphatic carbocycles. The van der Waals surface area contributed by atoms with E-state index in [4.69, 9.17) is 4.74 Å². The third-order valence-corrected chi connectivity index (χ3v) is 7.13. The number of likely N-dealkylation sites (tertiary alicyclic amines) is 1. The first kappa shape index (κ1) is 17.3. The second-order valence-electron chi connectivity index (χ2n) is 8.02. The number of ether oxygens (including phenoxy) is 1. The van der Waals surface area contributed by atoms with Gasteiger partial charge in [0.1, 0.15) is 5.01 Å². The van der Waals surface area contributed by atoms with Gasteiger partial charge in [-0.15, -0.1) is 11.3 Å². The van der Waals surface area contributed by atoms with Crippen LogP contribution >= 0.6 is 11.3 Å². The van der Waals surface area contributed by atoms with Gasteiger partial charge in [0, 0.05) is 54.9 Å². The number of fused-ring (bicyclic) bond motifs is 1. The third-order valence-electron chi connectivity index (χ3n) is 6.37. The number of carbonyl (C=O) groups excluding carboxylic acids is 1. The van der Waals surface area contributed by atoms with Crippen molar-refractivity contribution in [2.45, 2.75) is 38.0 Å². The lowest BCUT2D eigenvalue weighted by molar-refractivity contribution is 0.00212. The van der Waals surface area contributed by atoms with Crippen molar-refractivity contribution in [2.24, 2.45) is 11.8 Å². The smallest absolute Gasteiger partial charge is 0.252 e. The highest BCUT2D eigenvalue weighted by atomic mass is 32.1. The van der Waals surface area contributed by atoms with Crippen molar-refractivity contribution in [2.75, 3.05) is 19.6 Å². The van der Waals surface area contributed by atoms with E-state index in [-0.39, 0.29) is 17.6 Å². The zero-order valence-electron chi connectivity index (χ0n) is 15.4. The number of hydrogen-bond acceptors (Lipinski definition) is 6. The number of nitrogens with one attached hydrogen (secondary N) is 1. The lowest BCUT2D eigenvalue weighted by Gasteiger charge is -2.29. The minimum absolute atomic E-state index is 0.0112. The largest absolute Gasteiger partial charge is 0.370 e. The summed E-state index contributed by atoms with van der Waals surface area (Å²) in [5.74, 6) is 0.840. The average Bonchev–Trinajstić information content (AvgIpc) is 3.42. The maximum Gasteiger partial charge on any atom is 0.252 e. The Morgan fingerprint density at radius 2 is 2.37 bits per heavy atom. The number of carbonyl (C=O) groups is 1. The number of pyridine rings is 1. The second kappa shape index (κ2) is 6.65. The third kappa shape index (κ3) is 3.07. The SMILES string of the molecule is Cc1ccc(C(=O)NC[C@H]2[C@H]3CN(Cc4nccs4)C[C@]34CC[C@H]2O4)cn1. The summed E-state index contributed by atoms with van der Waals surface area (Å²) in [6.45, 7) is 5.51. The van der Waals surface area contributed by atoms with Crippen LogP contribution in [0.5, 0.6) is 0 Å². The zero-order valence-corrected chi connectivity index (χ0v) is 16.2. The summed E-state index contributed by atoms with van der Waals surface area (Å²) in [6.07, 6.45) is 6.05. The van der Waals surface area contributed by atoms with Crippen LogP contribution in [0, 0.1) is 18.8 Å². The Morgan fingerprint density at radius 3 is 3.15 bits per heavy atom. The molecule has 0 radical (unpaired) electrons. The molecule has 5 heterocycles. The second-order valence-corrected chi connectivity index (χ2v) is 9.00. The summed E-state index contributed by atoms with van der Waals surface area (Å²) < 4.78 is 6.48. The fourth-order valence-electron chi connectivity index (χ4n) is 5.12. The predicted molar refractivity (Wildman–Crippen MR) is 103 cm³/mol. The van der Waals surface area contributed by atoms with Gasteiger partial charge in [-0.3, -0.25) is 14.7 Å². The molecule has 0 aromatic carbocycles. The van der Waals surface area contributed by atoms with E-state index >= 15 is 0 Å². The van der Waals surface area contributed by atoms with Crippen LogP contribution in [-0.4, -0.2) is 52.1 Å². The molecule has 1 spiro atoms. The van der Waals surface area contributed by atoms with Crippen molar-refractivity contribution in [3.05, 3.63) is 46.2 Å². The Bertz CT molecular complexity index is 825. The molecule has 27 heavy (non-hydrogen) atoms. The van der Waals surface area contributed by atoms with E-state index in [1.54, 1.807) is 17.5 Å². The van der Waals surface area contributed by atoms with Crippen LogP contribution in [-0.2, 0) is 11.3 Å². The van der Waals surface area contributed by atoms with Crippen molar-refractivity contribution in [3.63, 3.8) is 0 Å². The Balaban J connectivity index is 1.24. The number of thiazole rings is 1. The molecule has 6 nitrogen and oxygen atoms in total. The molecule has 7 heteroatoms. The van der Waals surface area contributed by atoms with E-state index in [0.29, 0.717) is 23.9 Å². The first-order chi connectivity index (χ1) is 13.1. The van der Waals surface area contributed by atoms with Gasteiger partial charge in [-0.05, 0) is 31.9 Å². The average molecular weight is 385 g/mol. The summed E-state index contributed by atoms with van der Waals surface area (Å²) in [5.41, 5.74) is 1.53. The number of aromatic nitrogens is 2. The first-order valence-electron chi connectivity index (χ1n) is 9.62. The van der Waals surface area contributed by atoms with Gasteiger partial charge in [0.15, 0.2) is 0 Å². The fourth-order valence-corrected chi connectivity index (χ4v) is 5.77. The zero-order chi connectivity index (χ0) is 18.4. The predicted octanol–water partition coefficient (Wildman–Crippen LogP) is 2.26. The van der Waals surface area contributed by atoms with Crippen LogP contribution in [0.15, 0.2) is 29.9 Å². The van der Waals surface area contributed by atoms with Crippen molar-refractivity contribution in [1.82, 2.24) is 20.2 Å². The van der Waals surface area contributed by atoms with Gasteiger partial charge in [-0.25, -0.2) is 4.98 Å². The lowest BCUT2D eigenvalue weighted by atomic mass is 9.73. The molecule has 142 valence electrons. The maximum atomic E-state index is 12.5. The van der Waals surface area contributed by atoms with Crippen LogP contribution in [0.3, 0.4) is 0 Å². The molecule has 2 bridgehead atoms. The van der Waals surface area contributed by atoms with Crippen molar-refractivity contribution in [1.29, 1.82) is 0 Å². The van der Waals surface area contributed by atoms with E-state index in [1.165, 1.54) is 0 Å². The van der Waals surface area contributed by atoms with Crippen LogP contribution in [0.4, 0.5) is 0 Å². The number of nitrogens with zero attached hydrogens (tertiary/aromatic N) is 3. The molecular weight excluding hydrogens is 360 g/mol. The summed E-state index contributed by atoms with van der Waals surface area (Å²) >= 11 is 1.71. The lowest BCUT2D eigenvalue weighted by Crippen LogP contribution is -2.41. The Labute approximate surface area is 163 Å². The molecule has 0 unspecified atom stereocenters. The van der Waals surface area contributed by atoms with Gasteiger partial charge in [0.2, 0.25) is 0 Å². The van der Waals surface area contributed by atoms with Crippen LogP contribution < -0.4 is 5.32 Å². The minimum Gasteiger partial charge on any atom is -0.370 e. The number of hydrogen-bond donors (Lipinski definition) is 1. The van der Waals surface area contributed by atoms with E-state index in [9.17, 15) is 4.79 Å². The highest BCUT2D eigenvalue weighted by Crippen LogP contribution is 2.54. The molecule has 5 rings (SSSR count). The normalized spacial score (nSPS) is 32.0. The van der Waals surface area contributed by atoms with E-state index in [0.717, 1.165) is 43.2 Å². The maximum absolute atomic E-state index is 12.5. The van der Waals surface area contributed by atoms with Crippen LogP contribution in [0.2, 0.25) is 0 Å². The molecule has 3 aliphatic heterocycles. The molecule has 3 fully saturated rings. The molecule has 1 N–H and O–H groups in total.